The highest BCUT2D eigenvalue weighted by atomic mass is 35.5. The number of aromatic nitrogens is 2. The van der Waals surface area contributed by atoms with Crippen molar-refractivity contribution in [3.8, 4) is 11.5 Å². The second-order valence-electron chi connectivity index (χ2n) is 7.08. The summed E-state index contributed by atoms with van der Waals surface area (Å²) in [5.41, 5.74) is 11.2. The maximum absolute atomic E-state index is 12.1. The number of benzene rings is 2. The van der Waals surface area contributed by atoms with Crippen LogP contribution < -0.4 is 32.2 Å². The third-order valence-corrected chi connectivity index (χ3v) is 4.83. The van der Waals surface area contributed by atoms with Gasteiger partial charge in [0.05, 0.1) is 28.8 Å². The Balaban J connectivity index is 1.93. The number of ether oxygens (including phenoxy) is 1. The van der Waals surface area contributed by atoms with E-state index in [1.807, 2.05) is 0 Å². The number of hydrogen-bond donors (Lipinski definition) is 6. The number of halogens is 1. The van der Waals surface area contributed by atoms with Gasteiger partial charge in [-0.15, -0.1) is 0 Å². The summed E-state index contributed by atoms with van der Waals surface area (Å²) in [6.07, 6.45) is 2.36. The van der Waals surface area contributed by atoms with Gasteiger partial charge in [-0.1, -0.05) is 30.3 Å². The van der Waals surface area contributed by atoms with Crippen LogP contribution in [0.15, 0.2) is 55.3 Å². The van der Waals surface area contributed by atoms with Crippen LogP contribution in [0.1, 0.15) is 10.4 Å². The molecule has 12 nitrogen and oxygen atoms in total. The number of carbonyl (C=O) groups is 3. The SMILES string of the molecule is C=CC(=O)Nc1cc(Nc2ncc(Cl)c(Nc3ccccc3C(=O)C(N)=O)n2)c(O)cc1OCCN. The van der Waals surface area contributed by atoms with Gasteiger partial charge < -0.3 is 37.3 Å². The first kappa shape index (κ1) is 25.9. The topological polar surface area (TPSA) is 195 Å². The predicted molar refractivity (Wildman–Crippen MR) is 135 cm³/mol. The number of nitrogens with one attached hydrogen (secondary N) is 3. The fourth-order valence-electron chi connectivity index (χ4n) is 2.92. The molecule has 0 aliphatic rings. The van der Waals surface area contributed by atoms with Crippen molar-refractivity contribution in [2.24, 2.45) is 11.5 Å². The maximum atomic E-state index is 12.1. The standard InChI is InChI=1S/C23H22ClN7O5/c1-2-19(33)28-16-9-15(17(32)10-18(16)36-8-7-25)30-23-27-11-13(24)22(31-23)29-14-6-4-3-5-12(14)20(34)21(26)35/h2-6,9-11,32H,1,7-8,25H2,(H2,26,35)(H,28,33)(H2,27,29,30,31). The highest BCUT2D eigenvalue weighted by Crippen LogP contribution is 2.37. The average molecular weight is 512 g/mol. The van der Waals surface area contributed by atoms with E-state index in [-0.39, 0.29) is 64.1 Å². The molecule has 0 radical (unpaired) electrons. The average Bonchev–Trinajstić information content (AvgIpc) is 2.86. The molecular formula is C23H22ClN7O5. The second-order valence-corrected chi connectivity index (χ2v) is 7.48. The second kappa shape index (κ2) is 11.6. The number of anilines is 5. The van der Waals surface area contributed by atoms with Crippen molar-refractivity contribution in [1.29, 1.82) is 0 Å². The number of nitrogens with two attached hydrogens (primary N) is 2. The van der Waals surface area contributed by atoms with Gasteiger partial charge in [-0.3, -0.25) is 14.4 Å². The highest BCUT2D eigenvalue weighted by Gasteiger charge is 2.18. The van der Waals surface area contributed by atoms with Crippen molar-refractivity contribution < 1.29 is 24.2 Å². The van der Waals surface area contributed by atoms with E-state index < -0.39 is 17.6 Å². The monoisotopic (exact) mass is 511 g/mol. The molecule has 186 valence electrons. The van der Waals surface area contributed by atoms with Gasteiger partial charge in [0.15, 0.2) is 5.82 Å². The Morgan fingerprint density at radius 2 is 1.89 bits per heavy atom. The molecule has 3 aromatic rings. The van der Waals surface area contributed by atoms with Crippen molar-refractivity contribution in [3.63, 3.8) is 0 Å². The minimum atomic E-state index is -1.12. The summed E-state index contributed by atoms with van der Waals surface area (Å²) in [5, 5.41) is 18.9. The van der Waals surface area contributed by atoms with Gasteiger partial charge in [-0.25, -0.2) is 4.98 Å². The smallest absolute Gasteiger partial charge is 0.289 e. The lowest BCUT2D eigenvalue weighted by atomic mass is 10.1. The molecule has 0 saturated carbocycles. The molecular weight excluding hydrogens is 490 g/mol. The van der Waals surface area contributed by atoms with E-state index in [0.29, 0.717) is 0 Å². The molecule has 0 atom stereocenters. The molecule has 0 bridgehead atoms. The molecule has 0 fully saturated rings. The summed E-state index contributed by atoms with van der Waals surface area (Å²) in [6.45, 7) is 3.78. The number of carbonyl (C=O) groups excluding carboxylic acids is 3. The molecule has 1 aromatic heterocycles. The Hall–Kier alpha value is -4.68. The van der Waals surface area contributed by atoms with E-state index in [0.717, 1.165) is 6.08 Å². The minimum absolute atomic E-state index is 0.00697. The molecule has 2 amide bonds. The Morgan fingerprint density at radius 1 is 1.14 bits per heavy atom. The van der Waals surface area contributed by atoms with Crippen molar-refractivity contribution in [2.75, 3.05) is 29.1 Å². The zero-order valence-corrected chi connectivity index (χ0v) is 19.5. The van der Waals surface area contributed by atoms with Gasteiger partial charge in [0.2, 0.25) is 11.9 Å². The number of nitrogens with zero attached hydrogens (tertiary/aromatic N) is 2. The number of hydrogen-bond acceptors (Lipinski definition) is 10. The van der Waals surface area contributed by atoms with Gasteiger partial charge in [-0.2, -0.15) is 4.98 Å². The molecule has 3 rings (SSSR count). The first-order valence-electron chi connectivity index (χ1n) is 10.4. The number of amides is 2. The predicted octanol–water partition coefficient (Wildman–Crippen LogP) is 2.45. The summed E-state index contributed by atoms with van der Waals surface area (Å²) in [7, 11) is 0. The maximum Gasteiger partial charge on any atom is 0.289 e. The van der Waals surface area contributed by atoms with Crippen LogP contribution in [0.2, 0.25) is 5.02 Å². The first-order valence-corrected chi connectivity index (χ1v) is 10.7. The number of primary amides is 1. The van der Waals surface area contributed by atoms with Crippen molar-refractivity contribution in [3.05, 3.63) is 65.8 Å². The van der Waals surface area contributed by atoms with E-state index in [2.05, 4.69) is 32.5 Å². The summed E-state index contributed by atoms with van der Waals surface area (Å²) in [4.78, 5) is 43.7. The lowest BCUT2D eigenvalue weighted by Crippen LogP contribution is -2.23. The van der Waals surface area contributed by atoms with Crippen molar-refractivity contribution >= 4 is 58.0 Å². The fourth-order valence-corrected chi connectivity index (χ4v) is 3.06. The van der Waals surface area contributed by atoms with Crippen LogP contribution in [0.25, 0.3) is 0 Å². The van der Waals surface area contributed by atoms with Crippen LogP contribution in [0.3, 0.4) is 0 Å². The van der Waals surface area contributed by atoms with E-state index in [4.69, 9.17) is 27.8 Å². The van der Waals surface area contributed by atoms with E-state index in [1.165, 1.54) is 24.4 Å². The van der Waals surface area contributed by atoms with Crippen molar-refractivity contribution in [1.82, 2.24) is 9.97 Å². The molecule has 0 spiro atoms. The van der Waals surface area contributed by atoms with Crippen LogP contribution in [-0.4, -0.2) is 45.8 Å². The number of aromatic hydroxyl groups is 1. The third kappa shape index (κ3) is 6.25. The molecule has 2 aromatic carbocycles. The van der Waals surface area contributed by atoms with E-state index in [1.54, 1.807) is 18.2 Å². The Morgan fingerprint density at radius 3 is 2.58 bits per heavy atom. The largest absolute Gasteiger partial charge is 0.506 e. The number of para-hydroxylation sites is 1. The van der Waals surface area contributed by atoms with E-state index >= 15 is 0 Å². The summed E-state index contributed by atoms with van der Waals surface area (Å²) < 4.78 is 5.49. The van der Waals surface area contributed by atoms with Gasteiger partial charge in [0, 0.05) is 12.6 Å². The van der Waals surface area contributed by atoms with Gasteiger partial charge >= 0.3 is 0 Å². The summed E-state index contributed by atoms with van der Waals surface area (Å²) in [6, 6.07) is 8.88. The molecule has 0 aliphatic carbocycles. The normalized spacial score (nSPS) is 10.3. The quantitative estimate of drug-likeness (QED) is 0.0731. The number of phenolic OH excluding ortho intramolecular Hbond substituents is 1. The van der Waals surface area contributed by atoms with Crippen LogP contribution in [0.5, 0.6) is 11.5 Å². The van der Waals surface area contributed by atoms with Crippen LogP contribution in [-0.2, 0) is 9.59 Å². The van der Waals surface area contributed by atoms with Gasteiger partial charge in [0.1, 0.15) is 23.1 Å². The Bertz CT molecular complexity index is 1330. The lowest BCUT2D eigenvalue weighted by molar-refractivity contribution is -0.114. The Labute approximate surface area is 210 Å². The van der Waals surface area contributed by atoms with Crippen molar-refractivity contribution in [2.45, 2.75) is 0 Å². The summed E-state index contributed by atoms with van der Waals surface area (Å²) >= 11 is 6.22. The van der Waals surface area contributed by atoms with Gasteiger partial charge in [0.25, 0.3) is 11.7 Å². The molecule has 0 unspecified atom stereocenters. The number of phenols is 1. The van der Waals surface area contributed by atoms with Gasteiger partial charge in [-0.05, 0) is 24.3 Å². The zero-order chi connectivity index (χ0) is 26.2. The lowest BCUT2D eigenvalue weighted by Gasteiger charge is -2.16. The number of Topliss-reactive ketones (excluding diaryl/α,β-unsaturated/α-hetero) is 1. The molecule has 13 heteroatoms. The van der Waals surface area contributed by atoms with Crippen LogP contribution >= 0.6 is 11.6 Å². The third-order valence-electron chi connectivity index (χ3n) is 4.56. The molecule has 8 N–H and O–H groups in total. The van der Waals surface area contributed by atoms with Crippen LogP contribution in [0, 0.1) is 0 Å². The minimum Gasteiger partial charge on any atom is -0.506 e. The number of ketones is 1. The Kier molecular flexibility index (Phi) is 8.39. The molecule has 36 heavy (non-hydrogen) atoms. The highest BCUT2D eigenvalue weighted by molar-refractivity contribution is 6.43. The number of rotatable bonds is 11. The first-order chi connectivity index (χ1) is 17.2. The van der Waals surface area contributed by atoms with Crippen LogP contribution in [0.4, 0.5) is 28.8 Å². The molecule has 1 heterocycles. The summed E-state index contributed by atoms with van der Waals surface area (Å²) in [5.74, 6) is -2.44. The fraction of sp³-hybridized carbons (Fsp3) is 0.0870. The molecule has 0 saturated heterocycles. The molecule has 0 aliphatic heterocycles. The zero-order valence-electron chi connectivity index (χ0n) is 18.7. The van der Waals surface area contributed by atoms with E-state index in [9.17, 15) is 19.5 Å².